The van der Waals surface area contributed by atoms with Gasteiger partial charge in [0.1, 0.15) is 24.6 Å². The zero-order valence-corrected chi connectivity index (χ0v) is 12.6. The zero-order chi connectivity index (χ0) is 15.7. The molecule has 1 aromatic rings. The minimum absolute atomic E-state index is 0.160. The Morgan fingerprint density at radius 2 is 1.86 bits per heavy atom. The van der Waals surface area contributed by atoms with Crippen LogP contribution in [0.4, 0.5) is 0 Å². The van der Waals surface area contributed by atoms with Crippen molar-refractivity contribution in [1.82, 2.24) is 5.32 Å². The van der Waals surface area contributed by atoms with E-state index < -0.39 is 5.97 Å². The molecule has 0 saturated carbocycles. The van der Waals surface area contributed by atoms with E-state index >= 15 is 0 Å². The van der Waals surface area contributed by atoms with Crippen molar-refractivity contribution in [1.29, 1.82) is 0 Å². The molecule has 0 aliphatic carbocycles. The van der Waals surface area contributed by atoms with E-state index in [2.05, 4.69) is 5.32 Å². The van der Waals surface area contributed by atoms with Crippen LogP contribution in [0.15, 0.2) is 36.0 Å². The third-order valence-electron chi connectivity index (χ3n) is 2.76. The van der Waals surface area contributed by atoms with Crippen LogP contribution in [-0.4, -0.2) is 25.5 Å². The number of esters is 1. The van der Waals surface area contributed by atoms with Gasteiger partial charge >= 0.3 is 5.97 Å². The van der Waals surface area contributed by atoms with E-state index in [9.17, 15) is 9.59 Å². The van der Waals surface area contributed by atoms with Gasteiger partial charge in [-0.2, -0.15) is 0 Å². The predicted molar refractivity (Wildman–Crippen MR) is 79.8 cm³/mol. The quantitative estimate of drug-likeness (QED) is 0.587. The average Bonchev–Trinajstić information content (AvgIpc) is 2.45. The summed E-state index contributed by atoms with van der Waals surface area (Å²) in [6.07, 6.45) is 1.59. The number of ketones is 1. The van der Waals surface area contributed by atoms with Crippen molar-refractivity contribution in [2.75, 3.05) is 13.7 Å². The topological polar surface area (TPSA) is 64.6 Å². The number of benzene rings is 1. The summed E-state index contributed by atoms with van der Waals surface area (Å²) < 4.78 is 10.0. The number of carbonyl (C=O) groups is 2. The van der Waals surface area contributed by atoms with Crippen LogP contribution in [0.3, 0.4) is 0 Å². The number of carbonyl (C=O) groups excluding carboxylic acids is 2. The molecular weight excluding hydrogens is 270 g/mol. The van der Waals surface area contributed by atoms with Crippen LogP contribution in [0.2, 0.25) is 0 Å². The Kier molecular flexibility index (Phi) is 7.01. The predicted octanol–water partition coefficient (Wildman–Crippen LogP) is 2.21. The lowest BCUT2D eigenvalue weighted by Gasteiger charge is -2.08. The van der Waals surface area contributed by atoms with Crippen LogP contribution in [0.5, 0.6) is 5.75 Å². The highest BCUT2D eigenvalue weighted by Gasteiger charge is 2.04. The van der Waals surface area contributed by atoms with Gasteiger partial charge in [-0.05, 0) is 37.6 Å². The maximum absolute atomic E-state index is 11.2. The molecule has 1 aromatic carbocycles. The lowest BCUT2D eigenvalue weighted by atomic mass is 10.2. The van der Waals surface area contributed by atoms with Gasteiger partial charge in [-0.25, -0.2) is 0 Å². The number of methoxy groups -OCH3 is 1. The number of nitrogens with one attached hydrogen (secondary N) is 1. The second-order valence-corrected chi connectivity index (χ2v) is 4.65. The van der Waals surface area contributed by atoms with Crippen LogP contribution in [-0.2, 0) is 20.9 Å². The fourth-order valence-electron chi connectivity index (χ4n) is 1.57. The summed E-state index contributed by atoms with van der Waals surface area (Å²) in [6, 6.07) is 7.76. The molecular formula is C16H21NO4. The molecule has 1 rings (SSSR count). The first kappa shape index (κ1) is 16.8. The summed E-state index contributed by atoms with van der Waals surface area (Å²) in [5, 5.41) is 3.21. The molecule has 0 amide bonds. The van der Waals surface area contributed by atoms with Gasteiger partial charge in [0.25, 0.3) is 0 Å². The fourth-order valence-corrected chi connectivity index (χ4v) is 1.57. The maximum atomic E-state index is 11.2. The highest BCUT2D eigenvalue weighted by Crippen LogP contribution is 2.11. The molecule has 0 radical (unpaired) electrons. The van der Waals surface area contributed by atoms with E-state index in [1.807, 2.05) is 31.2 Å². The Morgan fingerprint density at radius 1 is 1.19 bits per heavy atom. The van der Waals surface area contributed by atoms with Crippen molar-refractivity contribution >= 4 is 11.8 Å². The summed E-state index contributed by atoms with van der Waals surface area (Å²) in [7, 11) is 1.63. The van der Waals surface area contributed by atoms with Gasteiger partial charge in [-0.1, -0.05) is 12.1 Å². The summed E-state index contributed by atoms with van der Waals surface area (Å²) >= 11 is 0. The van der Waals surface area contributed by atoms with E-state index in [4.69, 9.17) is 9.47 Å². The van der Waals surface area contributed by atoms with Crippen LogP contribution >= 0.6 is 0 Å². The monoisotopic (exact) mass is 291 g/mol. The van der Waals surface area contributed by atoms with Crippen molar-refractivity contribution in [3.63, 3.8) is 0 Å². The van der Waals surface area contributed by atoms with Gasteiger partial charge in [0, 0.05) is 12.2 Å². The molecule has 114 valence electrons. The molecule has 0 bridgehead atoms. The van der Waals surface area contributed by atoms with E-state index in [1.54, 1.807) is 13.2 Å². The molecule has 0 aliphatic rings. The maximum Gasteiger partial charge on any atom is 0.313 e. The summed E-state index contributed by atoms with van der Waals surface area (Å²) in [5.41, 5.74) is 2.03. The van der Waals surface area contributed by atoms with Gasteiger partial charge in [0.2, 0.25) is 0 Å². The third-order valence-corrected chi connectivity index (χ3v) is 2.76. The van der Waals surface area contributed by atoms with Crippen molar-refractivity contribution < 1.29 is 19.1 Å². The Bertz CT molecular complexity index is 506. The lowest BCUT2D eigenvalue weighted by Crippen LogP contribution is -2.13. The number of rotatable bonds is 8. The smallest absolute Gasteiger partial charge is 0.313 e. The normalized spacial score (nSPS) is 10.9. The second kappa shape index (κ2) is 8.79. The van der Waals surface area contributed by atoms with Crippen molar-refractivity contribution in [2.45, 2.75) is 26.8 Å². The highest BCUT2D eigenvalue weighted by molar-refractivity contribution is 5.94. The minimum atomic E-state index is -0.498. The van der Waals surface area contributed by atoms with Gasteiger partial charge < -0.3 is 14.8 Å². The first-order valence-electron chi connectivity index (χ1n) is 6.70. The first-order valence-corrected chi connectivity index (χ1v) is 6.70. The number of Topliss-reactive ketones (excluding diaryl/α,β-unsaturated/α-hetero) is 1. The van der Waals surface area contributed by atoms with Crippen LogP contribution < -0.4 is 10.1 Å². The highest BCUT2D eigenvalue weighted by atomic mass is 16.5. The molecule has 0 saturated heterocycles. The zero-order valence-electron chi connectivity index (χ0n) is 12.6. The molecule has 5 heteroatoms. The summed E-state index contributed by atoms with van der Waals surface area (Å²) in [6.45, 7) is 4.09. The van der Waals surface area contributed by atoms with Crippen LogP contribution in [0.1, 0.15) is 25.8 Å². The molecule has 0 unspecified atom stereocenters. The van der Waals surface area contributed by atoms with Gasteiger partial charge in [0.05, 0.1) is 7.11 Å². The molecule has 21 heavy (non-hydrogen) atoms. The SMILES string of the molecule is COc1ccc(CN/C(C)=C\COC(=O)CC(C)=O)cc1. The minimum Gasteiger partial charge on any atom is -0.497 e. The number of allylic oxidation sites excluding steroid dienone is 1. The molecule has 0 spiro atoms. The van der Waals surface area contributed by atoms with Gasteiger partial charge in [-0.3, -0.25) is 9.59 Å². The van der Waals surface area contributed by atoms with Crippen molar-refractivity contribution in [2.24, 2.45) is 0 Å². The number of hydrogen-bond acceptors (Lipinski definition) is 5. The molecule has 5 nitrogen and oxygen atoms in total. The molecule has 0 aliphatic heterocycles. The molecule has 1 N–H and O–H groups in total. The second-order valence-electron chi connectivity index (χ2n) is 4.65. The third kappa shape index (κ3) is 7.15. The molecule has 0 atom stereocenters. The standard InChI is InChI=1S/C16H21NO4/c1-12(8-9-21-16(19)10-13(2)18)17-11-14-4-6-15(20-3)7-5-14/h4-8,17H,9-11H2,1-3H3/b12-8-. The van der Waals surface area contributed by atoms with Gasteiger partial charge in [-0.15, -0.1) is 0 Å². The first-order chi connectivity index (χ1) is 10.0. The lowest BCUT2D eigenvalue weighted by molar-refractivity contribution is -0.144. The molecule has 0 fully saturated rings. The summed E-state index contributed by atoms with van der Waals surface area (Å²) in [4.78, 5) is 21.9. The molecule has 0 aromatic heterocycles. The average molecular weight is 291 g/mol. The van der Waals surface area contributed by atoms with Crippen molar-refractivity contribution in [3.05, 3.63) is 41.6 Å². The Morgan fingerprint density at radius 3 is 2.43 bits per heavy atom. The largest absolute Gasteiger partial charge is 0.497 e. The number of hydrogen-bond donors (Lipinski definition) is 1. The molecule has 0 heterocycles. The Labute approximate surface area is 124 Å². The van der Waals surface area contributed by atoms with Crippen LogP contribution in [0, 0.1) is 0 Å². The van der Waals surface area contributed by atoms with Crippen LogP contribution in [0.25, 0.3) is 0 Å². The summed E-state index contributed by atoms with van der Waals surface area (Å²) in [5.74, 6) is 0.128. The number of ether oxygens (including phenoxy) is 2. The van der Waals surface area contributed by atoms with E-state index in [0.29, 0.717) is 6.54 Å². The van der Waals surface area contributed by atoms with Gasteiger partial charge in [0.15, 0.2) is 0 Å². The fraction of sp³-hybridized carbons (Fsp3) is 0.375. The van der Waals surface area contributed by atoms with E-state index in [1.165, 1.54) is 6.92 Å². The van der Waals surface area contributed by atoms with E-state index in [0.717, 1.165) is 17.0 Å². The van der Waals surface area contributed by atoms with Crippen molar-refractivity contribution in [3.8, 4) is 5.75 Å². The Hall–Kier alpha value is -2.30. The Balaban J connectivity index is 2.31. The van der Waals surface area contributed by atoms with E-state index in [-0.39, 0.29) is 18.8 Å².